The van der Waals surface area contributed by atoms with E-state index in [-0.39, 0.29) is 17.7 Å². The van der Waals surface area contributed by atoms with Crippen LogP contribution >= 0.6 is 11.6 Å². The van der Waals surface area contributed by atoms with Gasteiger partial charge in [0.2, 0.25) is 0 Å². The molecule has 2 aromatic heterocycles. The third kappa shape index (κ3) is 4.83. The number of aliphatic hydroxyl groups excluding tert-OH is 1. The summed E-state index contributed by atoms with van der Waals surface area (Å²) in [7, 11) is 1.85. The largest absolute Gasteiger partial charge is 0.394 e. The maximum Gasteiger partial charge on any atom is 0.318 e. The Kier molecular flexibility index (Phi) is 6.15. The first-order valence-corrected chi connectivity index (χ1v) is 10.2. The molecule has 3 aromatic rings. The highest BCUT2D eigenvalue weighted by molar-refractivity contribution is 6.30. The van der Waals surface area contributed by atoms with Gasteiger partial charge >= 0.3 is 6.03 Å². The summed E-state index contributed by atoms with van der Waals surface area (Å²) in [5, 5.41) is 16.6. The molecule has 0 bridgehead atoms. The molecule has 2 N–H and O–H groups in total. The summed E-state index contributed by atoms with van der Waals surface area (Å²) in [6, 6.07) is 3.08. The van der Waals surface area contributed by atoms with E-state index in [0.717, 1.165) is 16.8 Å². The van der Waals surface area contributed by atoms with Crippen LogP contribution in [-0.4, -0.2) is 48.9 Å². The molecule has 31 heavy (non-hydrogen) atoms. The number of fused-ring (bicyclic) bond motifs is 1. The van der Waals surface area contributed by atoms with E-state index in [4.69, 9.17) is 11.6 Å². The van der Waals surface area contributed by atoms with Crippen molar-refractivity contribution in [3.05, 3.63) is 75.8 Å². The Hall–Kier alpha value is -3.04. The number of amides is 2. The van der Waals surface area contributed by atoms with Crippen LogP contribution in [0.4, 0.5) is 9.18 Å². The minimum absolute atomic E-state index is 0.0602. The number of aromatic nitrogens is 4. The van der Waals surface area contributed by atoms with Crippen molar-refractivity contribution in [1.29, 1.82) is 0 Å². The molecule has 0 saturated heterocycles. The number of urea groups is 1. The lowest BCUT2D eigenvalue weighted by atomic mass is 10.1. The molecular weight excluding hydrogens is 423 g/mol. The lowest BCUT2D eigenvalue weighted by molar-refractivity contribution is 0.176. The van der Waals surface area contributed by atoms with Gasteiger partial charge in [0.25, 0.3) is 0 Å². The average molecular weight is 445 g/mol. The Balaban J connectivity index is 1.44. The van der Waals surface area contributed by atoms with E-state index >= 15 is 0 Å². The van der Waals surface area contributed by atoms with Crippen molar-refractivity contribution >= 4 is 17.6 Å². The van der Waals surface area contributed by atoms with Gasteiger partial charge in [-0.05, 0) is 35.2 Å². The second kappa shape index (κ2) is 8.99. The first-order valence-electron chi connectivity index (χ1n) is 9.85. The highest BCUT2D eigenvalue weighted by atomic mass is 35.5. The number of carbonyl (C=O) groups excluding carboxylic acids is 1. The fourth-order valence-electron chi connectivity index (χ4n) is 3.55. The van der Waals surface area contributed by atoms with Crippen LogP contribution in [0, 0.1) is 5.82 Å². The summed E-state index contributed by atoms with van der Waals surface area (Å²) in [5.74, 6) is 0.117. The van der Waals surface area contributed by atoms with Gasteiger partial charge in [0.05, 0.1) is 36.1 Å². The van der Waals surface area contributed by atoms with Gasteiger partial charge in [-0.3, -0.25) is 4.68 Å². The van der Waals surface area contributed by atoms with Crippen LogP contribution in [0.25, 0.3) is 0 Å². The van der Waals surface area contributed by atoms with Gasteiger partial charge in [0, 0.05) is 32.4 Å². The molecule has 0 aliphatic carbocycles. The van der Waals surface area contributed by atoms with E-state index < -0.39 is 11.9 Å². The zero-order valence-electron chi connectivity index (χ0n) is 16.9. The first-order chi connectivity index (χ1) is 14.9. The number of aryl methyl sites for hydroxylation is 1. The standard InChI is InChI=1S/C21H22ClFN6O2/c1-28-10-13(8-25-28)6-20-24-9-15-4-5-29(11-18(15)26-20)21(31)27-19(12-30)14-2-3-17(23)16(22)7-14/h2-3,7-10,19,30H,4-6,11-12H2,1H3,(H,27,31)/t19-/m1/s1. The molecule has 8 nitrogen and oxygen atoms in total. The lowest BCUT2D eigenvalue weighted by Crippen LogP contribution is -2.45. The molecule has 1 aliphatic heterocycles. The monoisotopic (exact) mass is 444 g/mol. The molecule has 3 heterocycles. The molecular formula is C21H22ClFN6O2. The Labute approximate surface area is 183 Å². The number of hydrogen-bond acceptors (Lipinski definition) is 5. The van der Waals surface area contributed by atoms with E-state index in [9.17, 15) is 14.3 Å². The predicted octanol–water partition coefficient (Wildman–Crippen LogP) is 2.39. The molecule has 0 saturated carbocycles. The molecule has 0 fully saturated rings. The normalized spacial score (nSPS) is 14.3. The van der Waals surface area contributed by atoms with E-state index in [1.165, 1.54) is 18.2 Å². The van der Waals surface area contributed by atoms with E-state index in [1.807, 2.05) is 19.4 Å². The lowest BCUT2D eigenvalue weighted by Gasteiger charge is -2.30. The Morgan fingerprint density at radius 2 is 2.23 bits per heavy atom. The number of benzene rings is 1. The summed E-state index contributed by atoms with van der Waals surface area (Å²) in [6.07, 6.45) is 6.71. The van der Waals surface area contributed by atoms with Gasteiger partial charge in [-0.25, -0.2) is 19.2 Å². The quantitative estimate of drug-likeness (QED) is 0.630. The zero-order valence-corrected chi connectivity index (χ0v) is 17.7. The number of nitrogens with one attached hydrogen (secondary N) is 1. The van der Waals surface area contributed by atoms with Gasteiger partial charge < -0.3 is 15.3 Å². The fraction of sp³-hybridized carbons (Fsp3) is 0.333. The van der Waals surface area contributed by atoms with E-state index in [0.29, 0.717) is 37.3 Å². The Morgan fingerprint density at radius 1 is 1.39 bits per heavy atom. The van der Waals surface area contributed by atoms with Crippen molar-refractivity contribution in [2.24, 2.45) is 7.05 Å². The smallest absolute Gasteiger partial charge is 0.318 e. The third-order valence-corrected chi connectivity index (χ3v) is 5.52. The summed E-state index contributed by atoms with van der Waals surface area (Å²) in [6.45, 7) is 0.508. The van der Waals surface area contributed by atoms with Gasteiger partial charge in [-0.15, -0.1) is 0 Å². The molecule has 0 radical (unpaired) electrons. The fourth-order valence-corrected chi connectivity index (χ4v) is 3.74. The van der Waals surface area contributed by atoms with E-state index in [1.54, 1.807) is 15.8 Å². The van der Waals surface area contributed by atoms with Crippen LogP contribution in [0.3, 0.4) is 0 Å². The first kappa shape index (κ1) is 21.2. The molecule has 162 valence electrons. The molecule has 10 heteroatoms. The van der Waals surface area contributed by atoms with Gasteiger partial charge in [0.15, 0.2) is 0 Å². The maximum absolute atomic E-state index is 13.4. The summed E-state index contributed by atoms with van der Waals surface area (Å²) in [5.41, 5.74) is 3.36. The van der Waals surface area contributed by atoms with E-state index in [2.05, 4.69) is 20.4 Å². The number of nitrogens with zero attached hydrogens (tertiary/aromatic N) is 5. The zero-order chi connectivity index (χ0) is 22.0. The van der Waals surface area contributed by atoms with Crippen LogP contribution in [0.15, 0.2) is 36.8 Å². The summed E-state index contributed by atoms with van der Waals surface area (Å²) in [4.78, 5) is 23.5. The Bertz CT molecular complexity index is 1110. The van der Waals surface area contributed by atoms with Gasteiger partial charge in [0.1, 0.15) is 11.6 Å². The number of carbonyl (C=O) groups is 1. The summed E-state index contributed by atoms with van der Waals surface area (Å²) >= 11 is 5.83. The van der Waals surface area contributed by atoms with Gasteiger partial charge in [-0.1, -0.05) is 17.7 Å². The van der Waals surface area contributed by atoms with Gasteiger partial charge in [-0.2, -0.15) is 5.10 Å². The highest BCUT2D eigenvalue weighted by Crippen LogP contribution is 2.22. The average Bonchev–Trinajstić information content (AvgIpc) is 3.17. The molecule has 4 rings (SSSR count). The van der Waals surface area contributed by atoms with Crippen molar-refractivity contribution in [2.75, 3.05) is 13.2 Å². The van der Waals surface area contributed by atoms with Crippen molar-refractivity contribution in [1.82, 2.24) is 30.0 Å². The maximum atomic E-state index is 13.4. The molecule has 1 aromatic carbocycles. The topological polar surface area (TPSA) is 96.2 Å². The molecule has 2 amide bonds. The van der Waals surface area contributed by atoms with Crippen molar-refractivity contribution < 1.29 is 14.3 Å². The predicted molar refractivity (Wildman–Crippen MR) is 112 cm³/mol. The van der Waals surface area contributed by atoms with Crippen molar-refractivity contribution in [3.63, 3.8) is 0 Å². The van der Waals surface area contributed by atoms with Crippen LogP contribution in [0.5, 0.6) is 0 Å². The van der Waals surface area contributed by atoms with Crippen LogP contribution in [0.1, 0.15) is 34.3 Å². The molecule has 1 aliphatic rings. The third-order valence-electron chi connectivity index (χ3n) is 5.23. The molecule has 1 atom stereocenters. The second-order valence-corrected chi connectivity index (χ2v) is 7.89. The number of hydrogen-bond donors (Lipinski definition) is 2. The Morgan fingerprint density at radius 3 is 2.94 bits per heavy atom. The SMILES string of the molecule is Cn1cc(Cc2ncc3c(n2)CN(C(=O)N[C@H](CO)c2ccc(F)c(Cl)c2)CC3)cn1. The number of aliphatic hydroxyl groups is 1. The van der Waals surface area contributed by atoms with Crippen LogP contribution in [0.2, 0.25) is 5.02 Å². The highest BCUT2D eigenvalue weighted by Gasteiger charge is 2.25. The van der Waals surface area contributed by atoms with Crippen LogP contribution < -0.4 is 5.32 Å². The van der Waals surface area contributed by atoms with Crippen molar-refractivity contribution in [3.8, 4) is 0 Å². The van der Waals surface area contributed by atoms with Crippen LogP contribution in [-0.2, 0) is 26.4 Å². The molecule has 0 unspecified atom stereocenters. The number of rotatable bonds is 5. The van der Waals surface area contributed by atoms with Crippen molar-refractivity contribution in [2.45, 2.75) is 25.4 Å². The second-order valence-electron chi connectivity index (χ2n) is 7.49. The minimum atomic E-state index is -0.696. The summed E-state index contributed by atoms with van der Waals surface area (Å²) < 4.78 is 15.2. The molecule has 0 spiro atoms. The minimum Gasteiger partial charge on any atom is -0.394 e. The number of halogens is 2.